The van der Waals surface area contributed by atoms with Crippen LogP contribution in [0.1, 0.15) is 29.3 Å². The number of carbonyl (C=O) groups is 1. The molecule has 1 heterocycles. The van der Waals surface area contributed by atoms with E-state index in [1.807, 2.05) is 6.92 Å². The normalized spacial score (nSPS) is 18.2. The maximum atomic E-state index is 13.5. The number of ether oxygens (including phenoxy) is 1. The van der Waals surface area contributed by atoms with Crippen LogP contribution in [0.5, 0.6) is 5.75 Å². The molecule has 0 unspecified atom stereocenters. The first-order chi connectivity index (χ1) is 12.9. The molecule has 0 radical (unpaired) electrons. The molecular weight excluding hydrogens is 369 g/mol. The first-order valence-electron chi connectivity index (χ1n) is 8.86. The quantitative estimate of drug-likeness (QED) is 0.759. The third kappa shape index (κ3) is 4.86. The second-order valence-corrected chi connectivity index (χ2v) is 8.81. The van der Waals surface area contributed by atoms with Gasteiger partial charge in [0.25, 0.3) is 5.91 Å². The molecule has 2 aromatic carbocycles. The maximum absolute atomic E-state index is 13.5. The molecule has 1 atom stereocenters. The zero-order chi connectivity index (χ0) is 19.4. The minimum atomic E-state index is -3.16. The predicted octanol–water partition coefficient (Wildman–Crippen LogP) is 3.05. The summed E-state index contributed by atoms with van der Waals surface area (Å²) >= 11 is 0. The molecule has 1 aliphatic rings. The summed E-state index contributed by atoms with van der Waals surface area (Å²) in [6.07, 6.45) is 0.389. The fourth-order valence-electron chi connectivity index (χ4n) is 3.25. The Labute approximate surface area is 158 Å². The molecule has 27 heavy (non-hydrogen) atoms. The van der Waals surface area contributed by atoms with Gasteiger partial charge in [-0.2, -0.15) is 0 Å². The smallest absolute Gasteiger partial charge is 0.254 e. The van der Waals surface area contributed by atoms with Crippen LogP contribution in [0.25, 0.3) is 0 Å². The minimum absolute atomic E-state index is 0.0634. The number of benzene rings is 2. The molecule has 144 valence electrons. The molecule has 0 aliphatic carbocycles. The molecule has 2 aromatic rings. The lowest BCUT2D eigenvalue weighted by atomic mass is 10.1. The first-order valence-corrected chi connectivity index (χ1v) is 10.7. The second kappa shape index (κ2) is 8.08. The molecule has 1 saturated heterocycles. The van der Waals surface area contributed by atoms with Gasteiger partial charge in [-0.25, -0.2) is 12.8 Å². The van der Waals surface area contributed by atoms with Gasteiger partial charge in [-0.05, 0) is 55.3 Å². The molecular formula is C20H22FNO4S. The van der Waals surface area contributed by atoms with Crippen LogP contribution in [0.4, 0.5) is 4.39 Å². The molecule has 0 N–H and O–H groups in total. The summed E-state index contributed by atoms with van der Waals surface area (Å²) in [6, 6.07) is 12.3. The van der Waals surface area contributed by atoms with Gasteiger partial charge in [0.05, 0.1) is 18.1 Å². The van der Waals surface area contributed by atoms with E-state index in [0.717, 1.165) is 0 Å². The molecule has 5 nitrogen and oxygen atoms in total. The van der Waals surface area contributed by atoms with E-state index in [4.69, 9.17) is 4.74 Å². The van der Waals surface area contributed by atoms with Crippen molar-refractivity contribution in [2.75, 3.05) is 18.1 Å². The lowest BCUT2D eigenvalue weighted by molar-refractivity contribution is 0.0680. The Kier molecular flexibility index (Phi) is 5.79. The summed E-state index contributed by atoms with van der Waals surface area (Å²) in [6.45, 7) is 2.56. The first kappa shape index (κ1) is 19.4. The Morgan fingerprint density at radius 3 is 2.56 bits per heavy atom. The molecule has 0 spiro atoms. The highest BCUT2D eigenvalue weighted by Crippen LogP contribution is 2.23. The highest BCUT2D eigenvalue weighted by Gasteiger charge is 2.35. The fourth-order valence-corrected chi connectivity index (χ4v) is 4.98. The van der Waals surface area contributed by atoms with E-state index in [1.54, 1.807) is 36.4 Å². The summed E-state index contributed by atoms with van der Waals surface area (Å²) in [7, 11) is -3.16. The highest BCUT2D eigenvalue weighted by atomic mass is 32.2. The molecule has 1 aliphatic heterocycles. The van der Waals surface area contributed by atoms with Gasteiger partial charge < -0.3 is 9.64 Å². The Morgan fingerprint density at radius 1 is 1.22 bits per heavy atom. The topological polar surface area (TPSA) is 63.7 Å². The Bertz CT molecular complexity index is 912. The van der Waals surface area contributed by atoms with Gasteiger partial charge in [0.2, 0.25) is 0 Å². The van der Waals surface area contributed by atoms with Crippen molar-refractivity contribution in [2.24, 2.45) is 0 Å². The number of rotatable bonds is 6. The molecule has 7 heteroatoms. The van der Waals surface area contributed by atoms with Crippen molar-refractivity contribution in [3.63, 3.8) is 0 Å². The summed E-state index contributed by atoms with van der Waals surface area (Å²) < 4.78 is 42.8. The Morgan fingerprint density at radius 2 is 1.96 bits per heavy atom. The monoisotopic (exact) mass is 391 g/mol. The standard InChI is InChI=1S/C20H22FNO4S/c1-2-26-19-8-6-16(7-9-19)20(23)22(18-10-11-27(24,25)14-18)13-15-4-3-5-17(21)12-15/h3-9,12,18H,2,10-11,13-14H2,1H3/t18-/m0/s1. The van der Waals surface area contributed by atoms with Crippen molar-refractivity contribution in [1.29, 1.82) is 0 Å². The van der Waals surface area contributed by atoms with Crippen molar-refractivity contribution in [2.45, 2.75) is 25.9 Å². The number of halogens is 1. The number of nitrogens with zero attached hydrogens (tertiary/aromatic N) is 1. The zero-order valence-corrected chi connectivity index (χ0v) is 15.9. The van der Waals surface area contributed by atoms with E-state index in [2.05, 4.69) is 0 Å². The van der Waals surface area contributed by atoms with Crippen LogP contribution in [-0.4, -0.2) is 43.4 Å². The van der Waals surface area contributed by atoms with Gasteiger partial charge in [-0.15, -0.1) is 0 Å². The Balaban J connectivity index is 1.87. The average molecular weight is 391 g/mol. The molecule has 1 amide bonds. The third-order valence-electron chi connectivity index (χ3n) is 4.56. The van der Waals surface area contributed by atoms with E-state index >= 15 is 0 Å². The van der Waals surface area contributed by atoms with Gasteiger partial charge >= 0.3 is 0 Å². The van der Waals surface area contributed by atoms with Crippen LogP contribution in [0, 0.1) is 5.82 Å². The Hall–Kier alpha value is -2.41. The van der Waals surface area contributed by atoms with E-state index in [9.17, 15) is 17.6 Å². The van der Waals surface area contributed by atoms with Gasteiger partial charge in [0.1, 0.15) is 11.6 Å². The van der Waals surface area contributed by atoms with Crippen LogP contribution in [0.15, 0.2) is 48.5 Å². The largest absolute Gasteiger partial charge is 0.494 e. The number of amides is 1. The van der Waals surface area contributed by atoms with Crippen molar-refractivity contribution >= 4 is 15.7 Å². The van der Waals surface area contributed by atoms with Crippen LogP contribution in [0.2, 0.25) is 0 Å². The second-order valence-electron chi connectivity index (χ2n) is 6.58. The van der Waals surface area contributed by atoms with Crippen molar-refractivity contribution < 1.29 is 22.3 Å². The maximum Gasteiger partial charge on any atom is 0.254 e. The molecule has 0 aromatic heterocycles. The van der Waals surface area contributed by atoms with E-state index in [-0.39, 0.29) is 29.8 Å². The van der Waals surface area contributed by atoms with Crippen molar-refractivity contribution in [3.8, 4) is 5.75 Å². The lowest BCUT2D eigenvalue weighted by Gasteiger charge is -2.28. The van der Waals surface area contributed by atoms with Crippen LogP contribution in [0.3, 0.4) is 0 Å². The number of hydrogen-bond donors (Lipinski definition) is 0. The summed E-state index contributed by atoms with van der Waals surface area (Å²) in [5.74, 6) is -0.00233. The average Bonchev–Trinajstić information content (AvgIpc) is 3.00. The van der Waals surface area contributed by atoms with Crippen LogP contribution in [-0.2, 0) is 16.4 Å². The van der Waals surface area contributed by atoms with E-state index in [1.165, 1.54) is 17.0 Å². The van der Waals surface area contributed by atoms with Gasteiger partial charge in [0, 0.05) is 18.2 Å². The van der Waals surface area contributed by atoms with Gasteiger partial charge in [-0.3, -0.25) is 4.79 Å². The van der Waals surface area contributed by atoms with Gasteiger partial charge in [0.15, 0.2) is 9.84 Å². The van der Waals surface area contributed by atoms with Crippen molar-refractivity contribution in [3.05, 3.63) is 65.5 Å². The number of hydrogen-bond acceptors (Lipinski definition) is 4. The highest BCUT2D eigenvalue weighted by molar-refractivity contribution is 7.91. The van der Waals surface area contributed by atoms with Crippen LogP contribution < -0.4 is 4.74 Å². The molecule has 1 fully saturated rings. The number of sulfone groups is 1. The van der Waals surface area contributed by atoms with Crippen LogP contribution >= 0.6 is 0 Å². The number of carbonyl (C=O) groups excluding carboxylic acids is 1. The third-order valence-corrected chi connectivity index (χ3v) is 6.31. The summed E-state index contributed by atoms with van der Waals surface area (Å²) in [4.78, 5) is 14.6. The lowest BCUT2D eigenvalue weighted by Crippen LogP contribution is -2.40. The van der Waals surface area contributed by atoms with E-state index < -0.39 is 15.9 Å². The molecule has 0 saturated carbocycles. The molecule has 3 rings (SSSR count). The summed E-state index contributed by atoms with van der Waals surface area (Å²) in [5.41, 5.74) is 1.07. The fraction of sp³-hybridized carbons (Fsp3) is 0.350. The molecule has 0 bridgehead atoms. The van der Waals surface area contributed by atoms with E-state index in [0.29, 0.717) is 29.9 Å². The zero-order valence-electron chi connectivity index (χ0n) is 15.1. The minimum Gasteiger partial charge on any atom is -0.494 e. The summed E-state index contributed by atoms with van der Waals surface area (Å²) in [5, 5.41) is 0. The SMILES string of the molecule is CCOc1ccc(C(=O)N(Cc2cccc(F)c2)[C@H]2CCS(=O)(=O)C2)cc1. The predicted molar refractivity (Wildman–Crippen MR) is 101 cm³/mol. The van der Waals surface area contributed by atoms with Crippen molar-refractivity contribution in [1.82, 2.24) is 4.90 Å². The van der Waals surface area contributed by atoms with Gasteiger partial charge in [-0.1, -0.05) is 12.1 Å².